The fourth-order valence-electron chi connectivity index (χ4n) is 1.76. The Morgan fingerprint density at radius 2 is 1.89 bits per heavy atom. The van der Waals surface area contributed by atoms with Crippen molar-refractivity contribution in [3.05, 3.63) is 54.0 Å². The van der Waals surface area contributed by atoms with Crippen LogP contribution in [0.5, 0.6) is 0 Å². The van der Waals surface area contributed by atoms with Crippen LogP contribution in [0.1, 0.15) is 11.5 Å². The summed E-state index contributed by atoms with van der Waals surface area (Å²) in [6.07, 6.45) is 0. The predicted molar refractivity (Wildman–Crippen MR) is 75.5 cm³/mol. The van der Waals surface area contributed by atoms with Gasteiger partial charge in [-0.1, -0.05) is 30.4 Å². The molecule has 18 heavy (non-hydrogen) atoms. The number of hydrogen-bond donors (Lipinski definition) is 2. The lowest BCUT2D eigenvalue weighted by Gasteiger charge is -2.00. The van der Waals surface area contributed by atoms with E-state index in [0.29, 0.717) is 22.2 Å². The van der Waals surface area contributed by atoms with Crippen LogP contribution in [0.3, 0.4) is 0 Å². The molecule has 5 heteroatoms. The number of aromatic amines is 1. The number of hydrogen-bond acceptors (Lipinski definition) is 4. The molecule has 3 aromatic rings. The van der Waals surface area contributed by atoms with E-state index in [2.05, 4.69) is 15.0 Å². The van der Waals surface area contributed by atoms with Crippen LogP contribution in [0.2, 0.25) is 0 Å². The van der Waals surface area contributed by atoms with Crippen LogP contribution in [0, 0.1) is 0 Å². The zero-order valence-electron chi connectivity index (χ0n) is 9.42. The van der Waals surface area contributed by atoms with Gasteiger partial charge in [-0.05, 0) is 24.3 Å². The van der Waals surface area contributed by atoms with Gasteiger partial charge in [0.15, 0.2) is 5.82 Å². The monoisotopic (exact) mass is 254 g/mol. The summed E-state index contributed by atoms with van der Waals surface area (Å²) < 4.78 is 0. The second kappa shape index (κ2) is 4.19. The van der Waals surface area contributed by atoms with Crippen LogP contribution in [-0.4, -0.2) is 19.8 Å². The molecule has 88 valence electrons. The summed E-state index contributed by atoms with van der Waals surface area (Å²) in [6, 6.07) is 13.2. The minimum atomic E-state index is 0.450. The third kappa shape index (κ3) is 1.84. The molecule has 4 nitrogen and oxygen atoms in total. The maximum atomic E-state index is 5.65. The van der Waals surface area contributed by atoms with Gasteiger partial charge in [-0.3, -0.25) is 0 Å². The summed E-state index contributed by atoms with van der Waals surface area (Å²) >= 11 is 5.38. The fraction of sp³-hybridized carbons (Fsp3) is 0. The number of imidazole rings is 1. The van der Waals surface area contributed by atoms with E-state index >= 15 is 0 Å². The van der Waals surface area contributed by atoms with Gasteiger partial charge in [-0.15, -0.1) is 0 Å². The van der Waals surface area contributed by atoms with Gasteiger partial charge >= 0.3 is 0 Å². The Labute approximate surface area is 109 Å². The van der Waals surface area contributed by atoms with Crippen LogP contribution in [0.25, 0.3) is 11.0 Å². The first kappa shape index (κ1) is 10.9. The Bertz CT molecular complexity index is 699. The summed E-state index contributed by atoms with van der Waals surface area (Å²) in [7, 11) is 0. The normalized spacial score (nSPS) is 10.7. The summed E-state index contributed by atoms with van der Waals surface area (Å²) in [5, 5.41) is 0. The maximum Gasteiger partial charge on any atom is 0.151 e. The van der Waals surface area contributed by atoms with Gasteiger partial charge < -0.3 is 10.7 Å². The van der Waals surface area contributed by atoms with Gasteiger partial charge in [0.05, 0.1) is 16.7 Å². The highest BCUT2D eigenvalue weighted by molar-refractivity contribution is 7.81. The van der Waals surface area contributed by atoms with Crippen molar-refractivity contribution in [2.24, 2.45) is 0 Å². The molecule has 0 aliphatic rings. The van der Waals surface area contributed by atoms with Gasteiger partial charge in [0.1, 0.15) is 10.7 Å². The van der Waals surface area contributed by atoms with E-state index in [4.69, 9.17) is 18.0 Å². The molecule has 0 atom stereocenters. The number of para-hydroxylation sites is 2. The molecule has 2 aromatic heterocycles. The van der Waals surface area contributed by atoms with Gasteiger partial charge in [0, 0.05) is 0 Å². The molecule has 0 amide bonds. The Morgan fingerprint density at radius 3 is 2.67 bits per heavy atom. The number of aromatic nitrogens is 3. The SMILES string of the molecule is Nc1cccc(C(=S)c2nc3ccccc3[nH]2)n1. The topological polar surface area (TPSA) is 67.6 Å². The smallest absolute Gasteiger partial charge is 0.151 e. The van der Waals surface area contributed by atoms with Crippen molar-refractivity contribution in [3.63, 3.8) is 0 Å². The van der Waals surface area contributed by atoms with Crippen molar-refractivity contribution in [3.8, 4) is 0 Å². The molecule has 0 unspecified atom stereocenters. The zero-order chi connectivity index (χ0) is 12.5. The molecule has 0 radical (unpaired) electrons. The molecule has 0 bridgehead atoms. The summed E-state index contributed by atoms with van der Waals surface area (Å²) in [4.78, 5) is 12.4. The third-order valence-electron chi connectivity index (χ3n) is 2.61. The Hall–Kier alpha value is -2.27. The summed E-state index contributed by atoms with van der Waals surface area (Å²) in [5.41, 5.74) is 8.15. The average molecular weight is 254 g/mol. The van der Waals surface area contributed by atoms with Crippen molar-refractivity contribution in [2.45, 2.75) is 0 Å². The summed E-state index contributed by atoms with van der Waals surface area (Å²) in [6.45, 7) is 0. The Morgan fingerprint density at radius 1 is 1.06 bits per heavy atom. The molecular weight excluding hydrogens is 244 g/mol. The number of thiocarbonyl (C=S) groups is 1. The highest BCUT2D eigenvalue weighted by Gasteiger charge is 2.11. The number of anilines is 1. The van der Waals surface area contributed by atoms with Crippen LogP contribution in [0.15, 0.2) is 42.5 Å². The van der Waals surface area contributed by atoms with Crippen molar-refractivity contribution in [2.75, 3.05) is 5.73 Å². The second-order valence-electron chi connectivity index (χ2n) is 3.88. The number of fused-ring (bicyclic) bond motifs is 1. The largest absolute Gasteiger partial charge is 0.384 e. The third-order valence-corrected chi connectivity index (χ3v) is 3.01. The molecule has 0 fully saturated rings. The van der Waals surface area contributed by atoms with Crippen LogP contribution >= 0.6 is 12.2 Å². The van der Waals surface area contributed by atoms with Crippen LogP contribution < -0.4 is 5.73 Å². The first-order chi connectivity index (χ1) is 8.74. The van der Waals surface area contributed by atoms with Gasteiger partial charge in [0.2, 0.25) is 0 Å². The van der Waals surface area contributed by atoms with E-state index < -0.39 is 0 Å². The lowest BCUT2D eigenvalue weighted by Crippen LogP contribution is -2.06. The lowest BCUT2D eigenvalue weighted by atomic mass is 10.2. The van der Waals surface area contributed by atoms with E-state index in [1.54, 1.807) is 6.07 Å². The van der Waals surface area contributed by atoms with Crippen molar-refractivity contribution < 1.29 is 0 Å². The first-order valence-corrected chi connectivity index (χ1v) is 5.87. The molecule has 1 aromatic carbocycles. The Balaban J connectivity index is 2.06. The molecule has 0 aliphatic heterocycles. The van der Waals surface area contributed by atoms with E-state index in [0.717, 1.165) is 11.0 Å². The molecule has 0 saturated carbocycles. The van der Waals surface area contributed by atoms with Gasteiger partial charge in [-0.25, -0.2) is 9.97 Å². The van der Waals surface area contributed by atoms with Crippen LogP contribution in [-0.2, 0) is 0 Å². The van der Waals surface area contributed by atoms with Crippen molar-refractivity contribution in [1.82, 2.24) is 15.0 Å². The minimum Gasteiger partial charge on any atom is -0.384 e. The number of nitrogens with one attached hydrogen (secondary N) is 1. The Kier molecular flexibility index (Phi) is 2.53. The number of H-pyrrole nitrogens is 1. The highest BCUT2D eigenvalue weighted by Crippen LogP contribution is 2.14. The number of nitrogens with zero attached hydrogens (tertiary/aromatic N) is 2. The van der Waals surface area contributed by atoms with Crippen molar-refractivity contribution >= 4 is 33.9 Å². The molecule has 2 heterocycles. The van der Waals surface area contributed by atoms with Gasteiger partial charge in [-0.2, -0.15) is 0 Å². The lowest BCUT2D eigenvalue weighted by molar-refractivity contribution is 1.26. The van der Waals surface area contributed by atoms with Gasteiger partial charge in [0.25, 0.3) is 0 Å². The second-order valence-corrected chi connectivity index (χ2v) is 4.29. The fourth-order valence-corrected chi connectivity index (χ4v) is 1.97. The molecule has 0 saturated heterocycles. The molecule has 0 aliphatic carbocycles. The molecular formula is C13H10N4S. The van der Waals surface area contributed by atoms with E-state index in [-0.39, 0.29) is 0 Å². The van der Waals surface area contributed by atoms with E-state index in [1.807, 2.05) is 36.4 Å². The number of nitrogens with two attached hydrogens (primary N) is 1. The minimum absolute atomic E-state index is 0.450. The van der Waals surface area contributed by atoms with E-state index in [9.17, 15) is 0 Å². The predicted octanol–water partition coefficient (Wildman–Crippen LogP) is 2.31. The molecule has 3 rings (SSSR count). The van der Waals surface area contributed by atoms with Crippen LogP contribution in [0.4, 0.5) is 5.82 Å². The number of benzene rings is 1. The van der Waals surface area contributed by atoms with E-state index in [1.165, 1.54) is 0 Å². The average Bonchev–Trinajstić information content (AvgIpc) is 2.81. The number of pyridine rings is 1. The quantitative estimate of drug-likeness (QED) is 0.544. The standard InChI is InChI=1S/C13H10N4S/c14-11-7-3-6-10(15-11)12(18)13-16-8-4-1-2-5-9(8)17-13/h1-7H,(H2,14,15)(H,16,17). The summed E-state index contributed by atoms with van der Waals surface area (Å²) in [5.74, 6) is 1.09. The highest BCUT2D eigenvalue weighted by atomic mass is 32.1. The molecule has 0 spiro atoms. The number of rotatable bonds is 2. The maximum absolute atomic E-state index is 5.65. The molecule has 3 N–H and O–H groups in total. The first-order valence-electron chi connectivity index (χ1n) is 5.46. The van der Waals surface area contributed by atoms with Crippen molar-refractivity contribution in [1.29, 1.82) is 0 Å². The zero-order valence-corrected chi connectivity index (χ0v) is 10.2. The number of nitrogen functional groups attached to an aromatic ring is 1.